The van der Waals surface area contributed by atoms with Gasteiger partial charge in [-0.1, -0.05) is 36.7 Å². The van der Waals surface area contributed by atoms with Crippen LogP contribution in [0.2, 0.25) is 5.02 Å². The third kappa shape index (κ3) is 3.15. The molecule has 5 heteroatoms. The number of hydrogen-bond donors (Lipinski definition) is 2. The van der Waals surface area contributed by atoms with E-state index in [1.807, 2.05) is 36.0 Å². The van der Waals surface area contributed by atoms with E-state index in [4.69, 9.17) is 17.4 Å². The van der Waals surface area contributed by atoms with Gasteiger partial charge in [-0.2, -0.15) is 5.10 Å². The first kappa shape index (κ1) is 14.1. The zero-order valence-electron chi connectivity index (χ0n) is 11.2. The maximum absolute atomic E-state index is 6.22. The van der Waals surface area contributed by atoms with Crippen LogP contribution < -0.4 is 11.3 Å². The molecule has 1 heterocycles. The predicted octanol–water partition coefficient (Wildman–Crippen LogP) is 2.38. The number of nitrogens with two attached hydrogens (primary N) is 1. The van der Waals surface area contributed by atoms with Gasteiger partial charge in [0.1, 0.15) is 0 Å². The minimum Gasteiger partial charge on any atom is -0.272 e. The van der Waals surface area contributed by atoms with Crippen molar-refractivity contribution in [1.82, 2.24) is 15.2 Å². The number of aryl methyl sites for hydroxylation is 2. The fraction of sp³-hybridized carbons (Fsp3) is 0.357. The highest BCUT2D eigenvalue weighted by molar-refractivity contribution is 6.31. The van der Waals surface area contributed by atoms with Crippen LogP contribution in [-0.4, -0.2) is 9.78 Å². The summed E-state index contributed by atoms with van der Waals surface area (Å²) in [4.78, 5) is 0. The molecule has 0 aliphatic rings. The Morgan fingerprint density at radius 2 is 2.16 bits per heavy atom. The maximum atomic E-state index is 6.22. The number of hydrazine groups is 1. The number of hydrogen-bond acceptors (Lipinski definition) is 3. The Hall–Kier alpha value is -1.36. The van der Waals surface area contributed by atoms with Gasteiger partial charge in [-0.3, -0.25) is 16.0 Å². The molecule has 19 heavy (non-hydrogen) atoms. The van der Waals surface area contributed by atoms with Crippen molar-refractivity contribution < 1.29 is 0 Å². The molecule has 1 aromatic carbocycles. The SMILES string of the molecule is CCc1cc(CC(NN)c2ccccc2Cl)n(C)n1. The Morgan fingerprint density at radius 1 is 1.42 bits per heavy atom. The molecule has 0 aliphatic heterocycles. The van der Waals surface area contributed by atoms with Crippen LogP contribution in [0.5, 0.6) is 0 Å². The van der Waals surface area contributed by atoms with E-state index in [0.717, 1.165) is 34.8 Å². The number of aromatic nitrogens is 2. The maximum Gasteiger partial charge on any atom is 0.0624 e. The molecule has 0 aliphatic carbocycles. The second kappa shape index (κ2) is 6.19. The number of halogens is 1. The summed E-state index contributed by atoms with van der Waals surface area (Å²) in [5, 5.41) is 5.17. The minimum absolute atomic E-state index is 0.0196. The molecule has 0 fully saturated rings. The molecule has 2 rings (SSSR count). The third-order valence-electron chi connectivity index (χ3n) is 3.28. The first-order chi connectivity index (χ1) is 9.15. The summed E-state index contributed by atoms with van der Waals surface area (Å²) in [6.45, 7) is 2.10. The summed E-state index contributed by atoms with van der Waals surface area (Å²) < 4.78 is 1.90. The van der Waals surface area contributed by atoms with Crippen molar-refractivity contribution in [2.24, 2.45) is 12.9 Å². The zero-order valence-corrected chi connectivity index (χ0v) is 12.0. The lowest BCUT2D eigenvalue weighted by Crippen LogP contribution is -2.30. The van der Waals surface area contributed by atoms with Gasteiger partial charge in [-0.25, -0.2) is 0 Å². The number of nitrogens with one attached hydrogen (secondary N) is 1. The van der Waals surface area contributed by atoms with E-state index in [-0.39, 0.29) is 6.04 Å². The smallest absolute Gasteiger partial charge is 0.0624 e. The molecule has 1 atom stereocenters. The van der Waals surface area contributed by atoms with Crippen molar-refractivity contribution >= 4 is 11.6 Å². The van der Waals surface area contributed by atoms with Crippen LogP contribution in [0.3, 0.4) is 0 Å². The minimum atomic E-state index is -0.0196. The second-order valence-corrected chi connectivity index (χ2v) is 4.96. The molecule has 0 radical (unpaired) electrons. The third-order valence-corrected chi connectivity index (χ3v) is 3.63. The van der Waals surface area contributed by atoms with E-state index in [1.54, 1.807) is 0 Å². The quantitative estimate of drug-likeness (QED) is 0.652. The first-order valence-corrected chi connectivity index (χ1v) is 6.75. The van der Waals surface area contributed by atoms with Gasteiger partial charge >= 0.3 is 0 Å². The van der Waals surface area contributed by atoms with Gasteiger partial charge in [-0.15, -0.1) is 0 Å². The predicted molar refractivity (Wildman–Crippen MR) is 77.8 cm³/mol. The van der Waals surface area contributed by atoms with E-state index < -0.39 is 0 Å². The molecular formula is C14H19ClN4. The van der Waals surface area contributed by atoms with E-state index in [1.165, 1.54) is 0 Å². The Morgan fingerprint density at radius 3 is 2.74 bits per heavy atom. The normalized spacial score (nSPS) is 12.6. The van der Waals surface area contributed by atoms with Gasteiger partial charge in [0.25, 0.3) is 0 Å². The average Bonchev–Trinajstić information content (AvgIpc) is 2.77. The molecular weight excluding hydrogens is 260 g/mol. The van der Waals surface area contributed by atoms with Crippen LogP contribution in [-0.2, 0) is 19.9 Å². The average molecular weight is 279 g/mol. The molecule has 0 saturated heterocycles. The van der Waals surface area contributed by atoms with Gasteiger partial charge < -0.3 is 0 Å². The van der Waals surface area contributed by atoms with E-state index in [2.05, 4.69) is 23.5 Å². The highest BCUT2D eigenvalue weighted by atomic mass is 35.5. The monoisotopic (exact) mass is 278 g/mol. The largest absolute Gasteiger partial charge is 0.272 e. The van der Waals surface area contributed by atoms with Crippen LogP contribution >= 0.6 is 11.6 Å². The van der Waals surface area contributed by atoms with Crippen LogP contribution in [0.15, 0.2) is 30.3 Å². The summed E-state index contributed by atoms with van der Waals surface area (Å²) in [6.07, 6.45) is 1.68. The molecule has 1 aromatic heterocycles. The zero-order chi connectivity index (χ0) is 13.8. The molecule has 2 aromatic rings. The molecule has 102 valence electrons. The number of benzene rings is 1. The van der Waals surface area contributed by atoms with Crippen LogP contribution in [0, 0.1) is 0 Å². The lowest BCUT2D eigenvalue weighted by atomic mass is 10.0. The van der Waals surface area contributed by atoms with Gasteiger partial charge in [-0.05, 0) is 24.1 Å². The Labute approximate surface area is 118 Å². The Balaban J connectivity index is 2.24. The summed E-state index contributed by atoms with van der Waals surface area (Å²) in [5.41, 5.74) is 6.07. The van der Waals surface area contributed by atoms with Gasteiger partial charge in [0, 0.05) is 24.2 Å². The first-order valence-electron chi connectivity index (χ1n) is 6.38. The van der Waals surface area contributed by atoms with E-state index in [9.17, 15) is 0 Å². The molecule has 1 unspecified atom stereocenters. The Bertz CT molecular complexity index is 550. The number of nitrogens with zero attached hydrogens (tertiary/aromatic N) is 2. The summed E-state index contributed by atoms with van der Waals surface area (Å²) in [5.74, 6) is 5.67. The molecule has 0 amide bonds. The van der Waals surface area contributed by atoms with Gasteiger partial charge in [0.15, 0.2) is 0 Å². The molecule has 0 spiro atoms. The van der Waals surface area contributed by atoms with Crippen molar-refractivity contribution in [3.05, 3.63) is 52.3 Å². The highest BCUT2D eigenvalue weighted by Crippen LogP contribution is 2.25. The molecule has 4 nitrogen and oxygen atoms in total. The van der Waals surface area contributed by atoms with Gasteiger partial charge in [0.05, 0.1) is 11.7 Å². The summed E-state index contributed by atoms with van der Waals surface area (Å²) in [6, 6.07) is 9.84. The molecule has 0 saturated carbocycles. The Kier molecular flexibility index (Phi) is 4.58. The molecule has 0 bridgehead atoms. The molecule has 3 N–H and O–H groups in total. The van der Waals surface area contributed by atoms with Crippen molar-refractivity contribution in [2.75, 3.05) is 0 Å². The van der Waals surface area contributed by atoms with Crippen molar-refractivity contribution in [3.63, 3.8) is 0 Å². The van der Waals surface area contributed by atoms with E-state index in [0.29, 0.717) is 0 Å². The second-order valence-electron chi connectivity index (χ2n) is 4.55. The van der Waals surface area contributed by atoms with Gasteiger partial charge in [0.2, 0.25) is 0 Å². The summed E-state index contributed by atoms with van der Waals surface area (Å²) >= 11 is 6.22. The van der Waals surface area contributed by atoms with Crippen LogP contribution in [0.4, 0.5) is 0 Å². The lowest BCUT2D eigenvalue weighted by Gasteiger charge is -2.17. The number of rotatable bonds is 5. The lowest BCUT2D eigenvalue weighted by molar-refractivity contribution is 0.530. The standard InChI is InChI=1S/C14H19ClN4/c1-3-10-8-11(19(2)18-10)9-14(17-16)12-6-4-5-7-13(12)15/h4-8,14,17H,3,9,16H2,1-2H3. The van der Waals surface area contributed by atoms with Crippen molar-refractivity contribution in [3.8, 4) is 0 Å². The topological polar surface area (TPSA) is 55.9 Å². The van der Waals surface area contributed by atoms with Crippen molar-refractivity contribution in [1.29, 1.82) is 0 Å². The van der Waals surface area contributed by atoms with Crippen LogP contribution in [0.25, 0.3) is 0 Å². The van der Waals surface area contributed by atoms with Crippen molar-refractivity contribution in [2.45, 2.75) is 25.8 Å². The highest BCUT2D eigenvalue weighted by Gasteiger charge is 2.16. The fourth-order valence-corrected chi connectivity index (χ4v) is 2.43. The summed E-state index contributed by atoms with van der Waals surface area (Å²) in [7, 11) is 1.95. The van der Waals surface area contributed by atoms with E-state index >= 15 is 0 Å². The van der Waals surface area contributed by atoms with Crippen LogP contribution in [0.1, 0.15) is 29.9 Å². The fourth-order valence-electron chi connectivity index (χ4n) is 2.16.